The fourth-order valence-corrected chi connectivity index (χ4v) is 2.14. The Bertz CT molecular complexity index is 374. The first-order chi connectivity index (χ1) is 8.96. The fourth-order valence-electron chi connectivity index (χ4n) is 2.14. The summed E-state index contributed by atoms with van der Waals surface area (Å²) >= 11 is 0. The van der Waals surface area contributed by atoms with Gasteiger partial charge in [0.25, 0.3) is 0 Å². The normalized spacial score (nSPS) is 13.5. The van der Waals surface area contributed by atoms with Gasteiger partial charge in [0.15, 0.2) is 0 Å². The van der Waals surface area contributed by atoms with Crippen molar-refractivity contribution in [3.63, 3.8) is 0 Å². The summed E-state index contributed by atoms with van der Waals surface area (Å²) in [5, 5.41) is 9.92. The van der Waals surface area contributed by atoms with E-state index >= 15 is 0 Å². The average molecular weight is 274 g/mol. The van der Waals surface area contributed by atoms with Gasteiger partial charge in [-0.15, -0.1) is 0 Å². The molecule has 0 aliphatic carbocycles. The molecule has 0 aliphatic rings. The van der Waals surface area contributed by atoms with E-state index in [1.807, 2.05) is 0 Å². The summed E-state index contributed by atoms with van der Waals surface area (Å²) < 4.78 is 38.4. The SMILES string of the molecule is CCCCCCCC(O)c1ccccc1C(F)(F)F. The summed E-state index contributed by atoms with van der Waals surface area (Å²) in [6, 6.07) is 5.26. The quantitative estimate of drug-likeness (QED) is 0.686. The van der Waals surface area contributed by atoms with Crippen LogP contribution in [0.3, 0.4) is 0 Å². The number of unbranched alkanes of at least 4 members (excludes halogenated alkanes) is 4. The molecule has 0 amide bonds. The van der Waals surface area contributed by atoms with Crippen LogP contribution in [-0.2, 0) is 6.18 Å². The van der Waals surface area contributed by atoms with Gasteiger partial charge in [-0.05, 0) is 18.1 Å². The molecule has 1 aromatic rings. The van der Waals surface area contributed by atoms with E-state index in [0.29, 0.717) is 6.42 Å². The van der Waals surface area contributed by atoms with Gasteiger partial charge in [-0.2, -0.15) is 13.2 Å². The average Bonchev–Trinajstić information content (AvgIpc) is 2.37. The maximum Gasteiger partial charge on any atom is 0.416 e. The van der Waals surface area contributed by atoms with E-state index < -0.39 is 17.8 Å². The Hall–Kier alpha value is -1.03. The first-order valence-electron chi connectivity index (χ1n) is 6.81. The summed E-state index contributed by atoms with van der Waals surface area (Å²) in [5.74, 6) is 0. The zero-order valence-corrected chi connectivity index (χ0v) is 11.2. The van der Waals surface area contributed by atoms with Crippen LogP contribution in [0.4, 0.5) is 13.2 Å². The highest BCUT2D eigenvalue weighted by atomic mass is 19.4. The van der Waals surface area contributed by atoms with Crippen molar-refractivity contribution >= 4 is 0 Å². The standard InChI is InChI=1S/C15H21F3O/c1-2-3-4-5-6-11-14(19)12-9-7-8-10-13(12)15(16,17)18/h7-10,14,19H,2-6,11H2,1H3. The molecule has 1 rings (SSSR count). The molecule has 1 atom stereocenters. The van der Waals surface area contributed by atoms with Crippen LogP contribution in [0.5, 0.6) is 0 Å². The molecular weight excluding hydrogens is 253 g/mol. The Morgan fingerprint density at radius 3 is 2.32 bits per heavy atom. The van der Waals surface area contributed by atoms with Crippen LogP contribution in [-0.4, -0.2) is 5.11 Å². The van der Waals surface area contributed by atoms with Crippen molar-refractivity contribution in [2.45, 2.75) is 57.7 Å². The molecule has 19 heavy (non-hydrogen) atoms. The Labute approximate surface area is 112 Å². The largest absolute Gasteiger partial charge is 0.416 e. The molecule has 0 bridgehead atoms. The van der Waals surface area contributed by atoms with Crippen molar-refractivity contribution in [2.75, 3.05) is 0 Å². The van der Waals surface area contributed by atoms with Crippen molar-refractivity contribution in [3.05, 3.63) is 35.4 Å². The lowest BCUT2D eigenvalue weighted by Crippen LogP contribution is -2.12. The van der Waals surface area contributed by atoms with E-state index in [1.165, 1.54) is 18.2 Å². The second-order valence-electron chi connectivity index (χ2n) is 4.80. The first-order valence-corrected chi connectivity index (χ1v) is 6.81. The third kappa shape index (κ3) is 5.23. The number of benzene rings is 1. The van der Waals surface area contributed by atoms with E-state index in [0.717, 1.165) is 38.2 Å². The number of aliphatic hydroxyl groups is 1. The summed E-state index contributed by atoms with van der Waals surface area (Å²) in [6.45, 7) is 2.11. The minimum atomic E-state index is -4.40. The van der Waals surface area contributed by atoms with Gasteiger partial charge >= 0.3 is 6.18 Å². The molecule has 0 aromatic heterocycles. The highest BCUT2D eigenvalue weighted by Crippen LogP contribution is 2.35. The summed E-state index contributed by atoms with van der Waals surface area (Å²) in [6.07, 6.45) is 0.00134. The van der Waals surface area contributed by atoms with Gasteiger partial charge in [-0.3, -0.25) is 0 Å². The van der Waals surface area contributed by atoms with Crippen LogP contribution in [0.1, 0.15) is 62.7 Å². The van der Waals surface area contributed by atoms with Gasteiger partial charge < -0.3 is 5.11 Å². The number of alkyl halides is 3. The van der Waals surface area contributed by atoms with E-state index in [1.54, 1.807) is 0 Å². The van der Waals surface area contributed by atoms with Crippen LogP contribution in [0.25, 0.3) is 0 Å². The molecule has 0 heterocycles. The highest BCUT2D eigenvalue weighted by molar-refractivity contribution is 5.31. The molecule has 1 unspecified atom stereocenters. The smallest absolute Gasteiger partial charge is 0.388 e. The molecule has 0 fully saturated rings. The van der Waals surface area contributed by atoms with Crippen molar-refractivity contribution in [2.24, 2.45) is 0 Å². The molecule has 1 aromatic carbocycles. The van der Waals surface area contributed by atoms with Crippen molar-refractivity contribution in [1.82, 2.24) is 0 Å². The Morgan fingerprint density at radius 1 is 1.05 bits per heavy atom. The van der Waals surface area contributed by atoms with Crippen LogP contribution in [0.2, 0.25) is 0 Å². The van der Waals surface area contributed by atoms with Gasteiger partial charge in [-0.1, -0.05) is 57.2 Å². The molecule has 0 saturated heterocycles. The van der Waals surface area contributed by atoms with Crippen molar-refractivity contribution in [3.8, 4) is 0 Å². The second kappa shape index (κ2) is 7.53. The molecular formula is C15H21F3O. The number of rotatable bonds is 7. The van der Waals surface area contributed by atoms with Gasteiger partial charge in [0.1, 0.15) is 0 Å². The Balaban J connectivity index is 2.59. The molecule has 0 aliphatic heterocycles. The van der Waals surface area contributed by atoms with Gasteiger partial charge in [-0.25, -0.2) is 0 Å². The van der Waals surface area contributed by atoms with E-state index in [-0.39, 0.29) is 5.56 Å². The minimum Gasteiger partial charge on any atom is -0.388 e. The molecule has 1 nitrogen and oxygen atoms in total. The first kappa shape index (κ1) is 16.0. The number of hydrogen-bond acceptors (Lipinski definition) is 1. The maximum absolute atomic E-state index is 12.8. The number of halogens is 3. The van der Waals surface area contributed by atoms with Crippen molar-refractivity contribution in [1.29, 1.82) is 0 Å². The van der Waals surface area contributed by atoms with Crippen LogP contribution < -0.4 is 0 Å². The Kier molecular flexibility index (Phi) is 6.35. The summed E-state index contributed by atoms with van der Waals surface area (Å²) in [7, 11) is 0. The van der Waals surface area contributed by atoms with Gasteiger partial charge in [0, 0.05) is 0 Å². The topological polar surface area (TPSA) is 20.2 Å². The monoisotopic (exact) mass is 274 g/mol. The lowest BCUT2D eigenvalue weighted by atomic mass is 9.97. The zero-order valence-electron chi connectivity index (χ0n) is 11.2. The minimum absolute atomic E-state index is 0.00880. The maximum atomic E-state index is 12.8. The van der Waals surface area contributed by atoms with E-state index in [4.69, 9.17) is 0 Å². The predicted octanol–water partition coefficient (Wildman–Crippen LogP) is 5.10. The lowest BCUT2D eigenvalue weighted by Gasteiger charge is -2.17. The third-order valence-electron chi connectivity index (χ3n) is 3.21. The van der Waals surface area contributed by atoms with E-state index in [2.05, 4.69) is 6.92 Å². The number of aliphatic hydroxyl groups excluding tert-OH is 1. The van der Waals surface area contributed by atoms with Gasteiger partial charge in [0.2, 0.25) is 0 Å². The molecule has 0 spiro atoms. The predicted molar refractivity (Wildman–Crippen MR) is 69.8 cm³/mol. The molecule has 4 heteroatoms. The molecule has 0 saturated carbocycles. The van der Waals surface area contributed by atoms with Crippen LogP contribution in [0, 0.1) is 0 Å². The van der Waals surface area contributed by atoms with Crippen LogP contribution in [0.15, 0.2) is 24.3 Å². The van der Waals surface area contributed by atoms with Crippen LogP contribution >= 0.6 is 0 Å². The molecule has 0 radical (unpaired) electrons. The number of hydrogen-bond donors (Lipinski definition) is 1. The lowest BCUT2D eigenvalue weighted by molar-refractivity contribution is -0.139. The fraction of sp³-hybridized carbons (Fsp3) is 0.600. The van der Waals surface area contributed by atoms with Crippen molar-refractivity contribution < 1.29 is 18.3 Å². The molecule has 1 N–H and O–H groups in total. The zero-order chi connectivity index (χ0) is 14.3. The molecule has 108 valence electrons. The van der Waals surface area contributed by atoms with Gasteiger partial charge in [0.05, 0.1) is 11.7 Å². The van der Waals surface area contributed by atoms with E-state index in [9.17, 15) is 18.3 Å². The second-order valence-corrected chi connectivity index (χ2v) is 4.80. The third-order valence-corrected chi connectivity index (χ3v) is 3.21. The Morgan fingerprint density at radius 2 is 1.68 bits per heavy atom. The summed E-state index contributed by atoms with van der Waals surface area (Å²) in [4.78, 5) is 0. The highest BCUT2D eigenvalue weighted by Gasteiger charge is 2.34. The summed E-state index contributed by atoms with van der Waals surface area (Å²) in [5.41, 5.74) is -0.735.